The maximum atomic E-state index is 12.7. The normalized spacial score (nSPS) is 36.3. The average Bonchev–Trinajstić information content (AvgIpc) is 3.08. The number of nitrogens with zero attached hydrogens (tertiary/aromatic N) is 1. The summed E-state index contributed by atoms with van der Waals surface area (Å²) in [5.74, 6) is -2.64. The fraction of sp³-hybridized carbons (Fsp3) is 0.333. The summed E-state index contributed by atoms with van der Waals surface area (Å²) in [6, 6.07) is 6.92. The molecule has 0 aromatic heterocycles. The van der Waals surface area contributed by atoms with Crippen molar-refractivity contribution in [2.75, 3.05) is 11.4 Å². The van der Waals surface area contributed by atoms with Crippen LogP contribution in [0, 0.1) is 11.8 Å². The van der Waals surface area contributed by atoms with E-state index in [2.05, 4.69) is 0 Å². The number of fused-ring (bicyclic) bond motifs is 1. The lowest BCUT2D eigenvalue weighted by atomic mass is 9.77. The van der Waals surface area contributed by atoms with Crippen LogP contribution >= 0.6 is 11.6 Å². The van der Waals surface area contributed by atoms with Gasteiger partial charge in [-0.2, -0.15) is 0 Å². The van der Waals surface area contributed by atoms with E-state index in [0.717, 1.165) is 0 Å². The summed E-state index contributed by atoms with van der Waals surface area (Å²) in [5, 5.41) is 9.98. The van der Waals surface area contributed by atoms with Gasteiger partial charge in [0.1, 0.15) is 11.5 Å². The number of halogens is 1. The number of benzene rings is 1. The number of aliphatic carboxylic acids is 1. The monoisotopic (exact) mass is 305 g/mol. The quantitative estimate of drug-likeness (QED) is 0.845. The lowest BCUT2D eigenvalue weighted by Crippen LogP contribution is -2.39. The molecule has 108 valence electrons. The van der Waals surface area contributed by atoms with Crippen LogP contribution in [0.15, 0.2) is 36.4 Å². The molecule has 4 unspecified atom stereocenters. The van der Waals surface area contributed by atoms with Crippen molar-refractivity contribution < 1.29 is 19.4 Å². The van der Waals surface area contributed by atoms with Crippen LogP contribution in [0.25, 0.3) is 0 Å². The zero-order valence-corrected chi connectivity index (χ0v) is 11.7. The van der Waals surface area contributed by atoms with E-state index in [1.165, 1.54) is 0 Å². The molecule has 1 spiro atoms. The predicted molar refractivity (Wildman–Crippen MR) is 75.2 cm³/mol. The van der Waals surface area contributed by atoms with Gasteiger partial charge in [0.15, 0.2) is 0 Å². The van der Waals surface area contributed by atoms with E-state index < -0.39 is 29.5 Å². The zero-order valence-electron chi connectivity index (χ0n) is 10.9. The minimum Gasteiger partial charge on any atom is -0.481 e. The topological polar surface area (TPSA) is 66.8 Å². The van der Waals surface area contributed by atoms with Crippen LogP contribution in [0.4, 0.5) is 5.69 Å². The molecule has 1 N–H and O–H groups in total. The van der Waals surface area contributed by atoms with Gasteiger partial charge in [0.2, 0.25) is 5.91 Å². The molecule has 3 aliphatic heterocycles. The first kappa shape index (κ1) is 12.9. The predicted octanol–water partition coefficient (Wildman–Crippen LogP) is 1.71. The van der Waals surface area contributed by atoms with Crippen molar-refractivity contribution in [1.29, 1.82) is 0 Å². The Morgan fingerprint density at radius 2 is 2.10 bits per heavy atom. The number of rotatable bonds is 2. The van der Waals surface area contributed by atoms with Gasteiger partial charge in [0, 0.05) is 10.7 Å². The third kappa shape index (κ3) is 1.61. The number of anilines is 1. The summed E-state index contributed by atoms with van der Waals surface area (Å²) in [6.07, 6.45) is 3.10. The van der Waals surface area contributed by atoms with E-state index >= 15 is 0 Å². The van der Waals surface area contributed by atoms with Crippen molar-refractivity contribution >= 4 is 29.2 Å². The lowest BCUT2D eigenvalue weighted by Gasteiger charge is -2.21. The molecule has 4 atom stereocenters. The number of ether oxygens (including phenoxy) is 1. The highest BCUT2D eigenvalue weighted by Crippen LogP contribution is 2.52. The Morgan fingerprint density at radius 1 is 1.38 bits per heavy atom. The van der Waals surface area contributed by atoms with Crippen LogP contribution in [0.1, 0.15) is 0 Å². The van der Waals surface area contributed by atoms with Gasteiger partial charge < -0.3 is 14.7 Å². The number of hydrogen-bond donors (Lipinski definition) is 1. The molecule has 3 aliphatic rings. The largest absolute Gasteiger partial charge is 0.481 e. The van der Waals surface area contributed by atoms with Gasteiger partial charge in [-0.1, -0.05) is 23.8 Å². The molecule has 1 aromatic carbocycles. The van der Waals surface area contributed by atoms with E-state index in [0.29, 0.717) is 17.3 Å². The summed E-state index contributed by atoms with van der Waals surface area (Å²) < 4.78 is 5.82. The van der Waals surface area contributed by atoms with E-state index in [4.69, 9.17) is 16.3 Å². The van der Waals surface area contributed by atoms with Gasteiger partial charge in [-0.05, 0) is 24.3 Å². The zero-order chi connectivity index (χ0) is 14.8. The van der Waals surface area contributed by atoms with Crippen LogP contribution in [-0.4, -0.2) is 35.2 Å². The van der Waals surface area contributed by atoms with E-state index in [9.17, 15) is 14.7 Å². The van der Waals surface area contributed by atoms with Crippen LogP contribution in [-0.2, 0) is 14.3 Å². The average molecular weight is 306 g/mol. The maximum absolute atomic E-state index is 12.7. The molecule has 0 radical (unpaired) electrons. The highest BCUT2D eigenvalue weighted by Gasteiger charge is 2.67. The minimum atomic E-state index is -0.984. The first-order valence-corrected chi connectivity index (χ1v) is 7.07. The molecule has 6 heteroatoms. The summed E-state index contributed by atoms with van der Waals surface area (Å²) in [7, 11) is 0. The van der Waals surface area contributed by atoms with Crippen molar-refractivity contribution in [3.63, 3.8) is 0 Å². The number of carbonyl (C=O) groups excluding carboxylic acids is 1. The molecule has 2 fully saturated rings. The molecule has 5 nitrogen and oxygen atoms in total. The van der Waals surface area contributed by atoms with Gasteiger partial charge >= 0.3 is 5.97 Å². The van der Waals surface area contributed by atoms with Gasteiger partial charge in [-0.25, -0.2) is 0 Å². The first-order chi connectivity index (χ1) is 10.0. The van der Waals surface area contributed by atoms with Crippen molar-refractivity contribution in [2.24, 2.45) is 11.8 Å². The lowest BCUT2D eigenvalue weighted by molar-refractivity contribution is -0.146. The molecule has 0 aliphatic carbocycles. The van der Waals surface area contributed by atoms with Crippen LogP contribution in [0.2, 0.25) is 5.02 Å². The maximum Gasteiger partial charge on any atom is 0.310 e. The summed E-state index contributed by atoms with van der Waals surface area (Å²) in [6.45, 7) is 0.342. The molecular formula is C15H12ClNO4. The standard InChI is InChI=1S/C15H12ClNO4/c16-8-1-3-9(4-2-8)17-7-15-6-5-10(21-15)11(14(19)20)12(15)13(17)18/h1-6,10-12H,7H2,(H,19,20). The molecular weight excluding hydrogens is 294 g/mol. The number of amides is 1. The summed E-state index contributed by atoms with van der Waals surface area (Å²) in [4.78, 5) is 25.7. The van der Waals surface area contributed by atoms with Crippen LogP contribution < -0.4 is 4.90 Å². The molecule has 0 saturated carbocycles. The molecule has 1 amide bonds. The van der Waals surface area contributed by atoms with Crippen molar-refractivity contribution in [2.45, 2.75) is 11.7 Å². The molecule has 3 heterocycles. The number of hydrogen-bond acceptors (Lipinski definition) is 3. The Bertz CT molecular complexity index is 671. The first-order valence-electron chi connectivity index (χ1n) is 6.69. The van der Waals surface area contributed by atoms with E-state index in [-0.39, 0.29) is 5.91 Å². The SMILES string of the molecule is O=C(O)C1C2C=CC3(CN(c4ccc(Cl)cc4)C(=O)C13)O2. The third-order valence-corrected chi connectivity index (χ3v) is 4.78. The fourth-order valence-corrected chi connectivity index (χ4v) is 3.75. The molecule has 2 saturated heterocycles. The molecule has 1 aromatic rings. The Labute approximate surface area is 125 Å². The Kier molecular flexibility index (Phi) is 2.50. The van der Waals surface area contributed by atoms with E-state index in [1.54, 1.807) is 35.2 Å². The third-order valence-electron chi connectivity index (χ3n) is 4.52. The van der Waals surface area contributed by atoms with Crippen molar-refractivity contribution in [3.8, 4) is 0 Å². The van der Waals surface area contributed by atoms with Crippen LogP contribution in [0.3, 0.4) is 0 Å². The van der Waals surface area contributed by atoms with E-state index in [1.807, 2.05) is 6.08 Å². The van der Waals surface area contributed by atoms with Crippen LogP contribution in [0.5, 0.6) is 0 Å². The number of carbonyl (C=O) groups is 2. The molecule has 4 rings (SSSR count). The smallest absolute Gasteiger partial charge is 0.310 e. The Hall–Kier alpha value is -1.85. The highest BCUT2D eigenvalue weighted by atomic mass is 35.5. The van der Waals surface area contributed by atoms with Gasteiger partial charge in [-0.15, -0.1) is 0 Å². The fourth-order valence-electron chi connectivity index (χ4n) is 3.62. The minimum absolute atomic E-state index is 0.198. The highest BCUT2D eigenvalue weighted by molar-refractivity contribution is 6.30. The van der Waals surface area contributed by atoms with Crippen molar-refractivity contribution in [3.05, 3.63) is 41.4 Å². The van der Waals surface area contributed by atoms with Gasteiger partial charge in [0.05, 0.1) is 18.6 Å². The Morgan fingerprint density at radius 3 is 2.76 bits per heavy atom. The molecule has 21 heavy (non-hydrogen) atoms. The number of carboxylic acid groups (broad SMARTS) is 1. The second-order valence-electron chi connectivity index (χ2n) is 5.64. The second-order valence-corrected chi connectivity index (χ2v) is 6.08. The van der Waals surface area contributed by atoms with Gasteiger partial charge in [-0.3, -0.25) is 9.59 Å². The Balaban J connectivity index is 1.73. The summed E-state index contributed by atoms with van der Waals surface area (Å²) in [5.41, 5.74) is -0.0949. The number of carboxylic acids is 1. The molecule has 2 bridgehead atoms. The summed E-state index contributed by atoms with van der Waals surface area (Å²) >= 11 is 5.86. The van der Waals surface area contributed by atoms with Gasteiger partial charge in [0.25, 0.3) is 0 Å². The second kappa shape index (κ2) is 4.08. The van der Waals surface area contributed by atoms with Crippen molar-refractivity contribution in [1.82, 2.24) is 0 Å².